The number of nitrogens with one attached hydrogen (secondary N) is 1. The predicted molar refractivity (Wildman–Crippen MR) is 64.0 cm³/mol. The van der Waals surface area contributed by atoms with Crippen molar-refractivity contribution in [1.29, 1.82) is 0 Å². The first kappa shape index (κ1) is 11.9. The molecule has 92 valence electrons. The third kappa shape index (κ3) is 2.55. The van der Waals surface area contributed by atoms with Crippen LogP contribution in [0.4, 0.5) is 0 Å². The molecule has 16 heavy (non-hydrogen) atoms. The monoisotopic (exact) mass is 225 g/mol. The quantitative estimate of drug-likeness (QED) is 0.712. The minimum atomic E-state index is -0.176. The van der Waals surface area contributed by atoms with Crippen LogP contribution in [0.3, 0.4) is 0 Å². The molecule has 0 aromatic heterocycles. The molecule has 0 aromatic rings. The van der Waals surface area contributed by atoms with Crippen molar-refractivity contribution < 1.29 is 4.79 Å². The number of hydrogen-bond acceptors (Lipinski definition) is 3. The maximum atomic E-state index is 11.4. The molecule has 0 radical (unpaired) electrons. The van der Waals surface area contributed by atoms with E-state index in [1.165, 1.54) is 25.7 Å². The Morgan fingerprint density at radius 2 is 2.25 bits per heavy atom. The van der Waals surface area contributed by atoms with Crippen molar-refractivity contribution in [2.45, 2.75) is 44.7 Å². The van der Waals surface area contributed by atoms with E-state index in [9.17, 15) is 4.79 Å². The molecule has 1 heterocycles. The number of carbonyl (C=O) groups is 1. The van der Waals surface area contributed by atoms with E-state index < -0.39 is 0 Å². The number of nitrogens with zero attached hydrogens (tertiary/aromatic N) is 1. The summed E-state index contributed by atoms with van der Waals surface area (Å²) in [6.45, 7) is 4.98. The third-order valence-electron chi connectivity index (χ3n) is 3.99. The molecule has 4 heteroatoms. The van der Waals surface area contributed by atoms with Crippen LogP contribution in [-0.4, -0.2) is 42.5 Å². The minimum absolute atomic E-state index is 0.0935. The van der Waals surface area contributed by atoms with Crippen molar-refractivity contribution in [3.63, 3.8) is 0 Å². The molecule has 3 unspecified atom stereocenters. The summed E-state index contributed by atoms with van der Waals surface area (Å²) in [6, 6.07) is 0.479. The summed E-state index contributed by atoms with van der Waals surface area (Å²) in [7, 11) is 0. The summed E-state index contributed by atoms with van der Waals surface area (Å²) < 4.78 is 0. The van der Waals surface area contributed by atoms with Gasteiger partial charge in [-0.2, -0.15) is 0 Å². The second-order valence-electron chi connectivity index (χ2n) is 5.29. The van der Waals surface area contributed by atoms with Crippen LogP contribution in [-0.2, 0) is 4.79 Å². The van der Waals surface area contributed by atoms with Gasteiger partial charge in [0, 0.05) is 25.7 Å². The molecule has 3 atom stereocenters. The van der Waals surface area contributed by atoms with E-state index in [1.54, 1.807) is 0 Å². The predicted octanol–water partition coefficient (Wildman–Crippen LogP) is 0.324. The maximum absolute atomic E-state index is 11.4. The normalized spacial score (nSPS) is 37.2. The Morgan fingerprint density at radius 1 is 1.44 bits per heavy atom. The Morgan fingerprint density at radius 3 is 2.94 bits per heavy atom. The molecule has 2 fully saturated rings. The van der Waals surface area contributed by atoms with E-state index >= 15 is 0 Å². The van der Waals surface area contributed by atoms with Gasteiger partial charge in [0.1, 0.15) is 6.04 Å². The third-order valence-corrected chi connectivity index (χ3v) is 3.99. The first-order valence-electron chi connectivity index (χ1n) is 6.44. The van der Waals surface area contributed by atoms with Gasteiger partial charge in [-0.15, -0.1) is 0 Å². The fourth-order valence-corrected chi connectivity index (χ4v) is 3.12. The fourth-order valence-electron chi connectivity index (χ4n) is 3.12. The number of rotatable bonds is 2. The van der Waals surface area contributed by atoms with Gasteiger partial charge in [-0.1, -0.05) is 19.8 Å². The average molecular weight is 225 g/mol. The summed E-state index contributed by atoms with van der Waals surface area (Å²) in [5, 5.41) is 3.25. The van der Waals surface area contributed by atoms with E-state index in [-0.39, 0.29) is 11.9 Å². The van der Waals surface area contributed by atoms with E-state index in [0.29, 0.717) is 6.04 Å². The van der Waals surface area contributed by atoms with Gasteiger partial charge in [0.05, 0.1) is 0 Å². The SMILES string of the molecule is CC1CCCC(N2CCNCC2C(N)=O)C1. The van der Waals surface area contributed by atoms with Crippen LogP contribution in [0.25, 0.3) is 0 Å². The van der Waals surface area contributed by atoms with Gasteiger partial charge in [-0.25, -0.2) is 0 Å². The zero-order valence-electron chi connectivity index (χ0n) is 10.1. The topological polar surface area (TPSA) is 58.4 Å². The molecule has 1 aliphatic carbocycles. The molecular weight excluding hydrogens is 202 g/mol. The van der Waals surface area contributed by atoms with E-state index in [4.69, 9.17) is 5.73 Å². The highest BCUT2D eigenvalue weighted by Crippen LogP contribution is 2.28. The molecule has 2 aliphatic rings. The largest absolute Gasteiger partial charge is 0.368 e. The van der Waals surface area contributed by atoms with Crippen LogP contribution < -0.4 is 11.1 Å². The Bertz CT molecular complexity index is 257. The number of nitrogens with two attached hydrogens (primary N) is 1. The molecule has 0 spiro atoms. The Kier molecular flexibility index (Phi) is 3.82. The second kappa shape index (κ2) is 5.15. The lowest BCUT2D eigenvalue weighted by Crippen LogP contribution is -2.60. The Labute approximate surface area is 97.6 Å². The van der Waals surface area contributed by atoms with Gasteiger partial charge in [0.2, 0.25) is 5.91 Å². The van der Waals surface area contributed by atoms with Gasteiger partial charge < -0.3 is 11.1 Å². The van der Waals surface area contributed by atoms with Crippen LogP contribution in [0.2, 0.25) is 0 Å². The molecule has 1 aliphatic heterocycles. The number of carbonyl (C=O) groups excluding carboxylic acids is 1. The van der Waals surface area contributed by atoms with Crippen molar-refractivity contribution >= 4 is 5.91 Å². The van der Waals surface area contributed by atoms with Crippen LogP contribution >= 0.6 is 0 Å². The summed E-state index contributed by atoms with van der Waals surface area (Å²) in [4.78, 5) is 13.8. The van der Waals surface area contributed by atoms with E-state index in [1.807, 2.05) is 0 Å². The minimum Gasteiger partial charge on any atom is -0.368 e. The summed E-state index contributed by atoms with van der Waals surface area (Å²) in [5.41, 5.74) is 5.48. The molecule has 0 aromatic carbocycles. The number of primary amides is 1. The maximum Gasteiger partial charge on any atom is 0.236 e. The highest BCUT2D eigenvalue weighted by molar-refractivity contribution is 5.80. The van der Waals surface area contributed by atoms with Crippen LogP contribution in [0.15, 0.2) is 0 Å². The molecule has 1 saturated heterocycles. The molecule has 2 rings (SSSR count). The van der Waals surface area contributed by atoms with Crippen molar-refractivity contribution in [2.24, 2.45) is 11.7 Å². The molecule has 1 saturated carbocycles. The van der Waals surface area contributed by atoms with Crippen molar-refractivity contribution in [1.82, 2.24) is 10.2 Å². The summed E-state index contributed by atoms with van der Waals surface area (Å²) in [5.74, 6) is 0.618. The van der Waals surface area contributed by atoms with Crippen LogP contribution in [0.5, 0.6) is 0 Å². The first-order chi connectivity index (χ1) is 7.68. The molecule has 0 bridgehead atoms. The summed E-state index contributed by atoms with van der Waals surface area (Å²) >= 11 is 0. The van der Waals surface area contributed by atoms with Crippen LogP contribution in [0, 0.1) is 5.92 Å². The lowest BCUT2D eigenvalue weighted by atomic mass is 9.85. The van der Waals surface area contributed by atoms with Gasteiger partial charge >= 0.3 is 0 Å². The highest BCUT2D eigenvalue weighted by atomic mass is 16.1. The smallest absolute Gasteiger partial charge is 0.236 e. The first-order valence-corrected chi connectivity index (χ1v) is 6.44. The molecule has 1 amide bonds. The van der Waals surface area contributed by atoms with Gasteiger partial charge in [-0.3, -0.25) is 9.69 Å². The lowest BCUT2D eigenvalue weighted by molar-refractivity contribution is -0.125. The van der Waals surface area contributed by atoms with Crippen molar-refractivity contribution in [2.75, 3.05) is 19.6 Å². The lowest BCUT2D eigenvalue weighted by Gasteiger charge is -2.42. The molecular formula is C12H23N3O. The zero-order chi connectivity index (χ0) is 11.5. The summed E-state index contributed by atoms with van der Waals surface area (Å²) in [6.07, 6.45) is 5.09. The number of piperazine rings is 1. The van der Waals surface area contributed by atoms with Crippen molar-refractivity contribution in [3.8, 4) is 0 Å². The van der Waals surface area contributed by atoms with Crippen LogP contribution in [0.1, 0.15) is 32.6 Å². The number of amides is 1. The molecule has 4 nitrogen and oxygen atoms in total. The standard InChI is InChI=1S/C12H23N3O/c1-9-3-2-4-10(7-9)15-6-5-14-8-11(15)12(13)16/h9-11,14H,2-8H2,1H3,(H2,13,16). The zero-order valence-corrected chi connectivity index (χ0v) is 10.1. The number of hydrogen-bond donors (Lipinski definition) is 2. The van der Waals surface area contributed by atoms with Crippen molar-refractivity contribution in [3.05, 3.63) is 0 Å². The Balaban J connectivity index is 2.01. The fraction of sp³-hybridized carbons (Fsp3) is 0.917. The van der Waals surface area contributed by atoms with Gasteiger partial charge in [0.25, 0.3) is 0 Å². The van der Waals surface area contributed by atoms with Gasteiger partial charge in [0.15, 0.2) is 0 Å². The second-order valence-corrected chi connectivity index (χ2v) is 5.29. The molecule has 3 N–H and O–H groups in total. The Hall–Kier alpha value is -0.610. The van der Waals surface area contributed by atoms with E-state index in [2.05, 4.69) is 17.1 Å². The highest BCUT2D eigenvalue weighted by Gasteiger charge is 2.33. The van der Waals surface area contributed by atoms with E-state index in [0.717, 1.165) is 25.6 Å². The van der Waals surface area contributed by atoms with Gasteiger partial charge in [-0.05, 0) is 18.8 Å². The average Bonchev–Trinajstić information content (AvgIpc) is 2.29.